The molecular weight excluding hydrogens is 405 g/mol. The van der Waals surface area contributed by atoms with E-state index in [0.717, 1.165) is 12.1 Å². The summed E-state index contributed by atoms with van der Waals surface area (Å²) in [5.74, 6) is -1.57. The van der Waals surface area contributed by atoms with Gasteiger partial charge in [0.25, 0.3) is 5.91 Å². The summed E-state index contributed by atoms with van der Waals surface area (Å²) in [4.78, 5) is 29.7. The maximum Gasteiger partial charge on any atom is 0.420 e. The molecule has 31 heavy (non-hydrogen) atoms. The third kappa shape index (κ3) is 4.64. The minimum Gasteiger partial charge on any atom is -0.489 e. The number of allylic oxidation sites excluding steroid dienone is 1. The molecule has 0 fully saturated rings. The second-order valence-electron chi connectivity index (χ2n) is 6.14. The number of carbonyl (C=O) groups is 2. The van der Waals surface area contributed by atoms with E-state index in [1.807, 2.05) is 0 Å². The summed E-state index contributed by atoms with van der Waals surface area (Å²) in [7, 11) is 0. The predicted molar refractivity (Wildman–Crippen MR) is 110 cm³/mol. The van der Waals surface area contributed by atoms with Crippen molar-refractivity contribution in [2.45, 2.75) is 6.54 Å². The van der Waals surface area contributed by atoms with E-state index < -0.39 is 17.8 Å². The van der Waals surface area contributed by atoms with Crippen molar-refractivity contribution < 1.29 is 23.8 Å². The first-order valence-electron chi connectivity index (χ1n) is 9.03. The number of carbonyl (C=O) groups excluding carboxylic acids is 1. The van der Waals surface area contributed by atoms with Crippen molar-refractivity contribution in [3.8, 4) is 17.3 Å². The molecule has 3 aromatic rings. The van der Waals surface area contributed by atoms with Gasteiger partial charge in [-0.1, -0.05) is 24.8 Å². The number of aromatic nitrogens is 4. The Morgan fingerprint density at radius 1 is 1.23 bits per heavy atom. The Morgan fingerprint density at radius 3 is 2.74 bits per heavy atom. The third-order valence-electron chi connectivity index (χ3n) is 4.06. The van der Waals surface area contributed by atoms with Crippen molar-refractivity contribution in [2.24, 2.45) is 0 Å². The van der Waals surface area contributed by atoms with E-state index in [2.05, 4.69) is 28.3 Å². The average Bonchev–Trinajstić information content (AvgIpc) is 3.21. The van der Waals surface area contributed by atoms with Crippen molar-refractivity contribution in [1.82, 2.24) is 19.7 Å². The highest BCUT2D eigenvalue weighted by molar-refractivity contribution is 6.19. The molecule has 0 bridgehead atoms. The number of carboxylic acid groups (broad SMARTS) is 1. The van der Waals surface area contributed by atoms with Crippen LogP contribution in [-0.4, -0.2) is 43.5 Å². The summed E-state index contributed by atoms with van der Waals surface area (Å²) >= 11 is 0. The Hall–Kier alpha value is -4.34. The maximum atomic E-state index is 13.8. The molecule has 0 unspecified atom stereocenters. The number of amides is 2. The molecule has 0 atom stereocenters. The van der Waals surface area contributed by atoms with Crippen molar-refractivity contribution in [1.29, 1.82) is 0 Å². The summed E-state index contributed by atoms with van der Waals surface area (Å²) in [5, 5.41) is 17.5. The van der Waals surface area contributed by atoms with Gasteiger partial charge >= 0.3 is 6.09 Å². The molecule has 0 saturated heterocycles. The lowest BCUT2D eigenvalue weighted by Crippen LogP contribution is -2.36. The van der Waals surface area contributed by atoms with E-state index in [1.165, 1.54) is 30.6 Å². The summed E-state index contributed by atoms with van der Waals surface area (Å²) in [5.41, 5.74) is 0.0181. The zero-order chi connectivity index (χ0) is 22.4. The highest BCUT2D eigenvalue weighted by Crippen LogP contribution is 2.26. The maximum absolute atomic E-state index is 13.8. The lowest BCUT2D eigenvalue weighted by atomic mass is 10.1. The van der Waals surface area contributed by atoms with Crippen LogP contribution in [0.2, 0.25) is 0 Å². The molecule has 0 saturated carbocycles. The van der Waals surface area contributed by atoms with Gasteiger partial charge < -0.3 is 14.4 Å². The number of benzene rings is 1. The monoisotopic (exact) mass is 423 g/mol. The molecule has 2 heterocycles. The van der Waals surface area contributed by atoms with E-state index in [-0.39, 0.29) is 23.7 Å². The molecule has 2 amide bonds. The number of halogens is 1. The first kappa shape index (κ1) is 21.4. The smallest absolute Gasteiger partial charge is 0.420 e. The van der Waals surface area contributed by atoms with Gasteiger partial charge in [0.05, 0.1) is 5.56 Å². The van der Waals surface area contributed by atoms with Gasteiger partial charge in [-0.15, -0.1) is 16.8 Å². The SMILES string of the molecule is C=CCOc1ccc(F)cc1C(=O)N(C(=O)O)c1cccc(-c2nncn2CC=C)n1. The van der Waals surface area contributed by atoms with Crippen molar-refractivity contribution in [3.05, 3.63) is 79.4 Å². The number of nitrogens with zero attached hydrogens (tertiary/aromatic N) is 5. The number of imide groups is 1. The number of rotatable bonds is 8. The number of anilines is 1. The van der Waals surface area contributed by atoms with Crippen LogP contribution in [0.1, 0.15) is 10.4 Å². The molecule has 9 nitrogen and oxygen atoms in total. The highest BCUT2D eigenvalue weighted by Gasteiger charge is 2.29. The number of hydrogen-bond donors (Lipinski definition) is 1. The second-order valence-corrected chi connectivity index (χ2v) is 6.14. The number of ether oxygens (including phenoxy) is 1. The topological polar surface area (TPSA) is 110 Å². The Labute approximate surface area is 176 Å². The Morgan fingerprint density at radius 2 is 2.03 bits per heavy atom. The van der Waals surface area contributed by atoms with E-state index >= 15 is 0 Å². The molecule has 3 rings (SSSR count). The van der Waals surface area contributed by atoms with E-state index in [4.69, 9.17) is 4.74 Å². The number of hydrogen-bond acceptors (Lipinski definition) is 6. The average molecular weight is 423 g/mol. The molecule has 1 aromatic carbocycles. The van der Waals surface area contributed by atoms with Crippen LogP contribution in [0.5, 0.6) is 5.75 Å². The Balaban J connectivity index is 2.04. The minimum absolute atomic E-state index is 0.0134. The zero-order valence-corrected chi connectivity index (χ0v) is 16.3. The van der Waals surface area contributed by atoms with Gasteiger partial charge in [0.2, 0.25) is 0 Å². The van der Waals surface area contributed by atoms with E-state index in [9.17, 15) is 19.1 Å². The summed E-state index contributed by atoms with van der Waals surface area (Å²) in [6, 6.07) is 7.71. The lowest BCUT2D eigenvalue weighted by molar-refractivity contribution is 0.0978. The summed E-state index contributed by atoms with van der Waals surface area (Å²) in [6.07, 6.45) is 2.96. The first-order valence-corrected chi connectivity index (χ1v) is 9.03. The molecule has 0 aliphatic carbocycles. The molecule has 0 radical (unpaired) electrons. The van der Waals surface area contributed by atoms with Crippen LogP contribution in [0.3, 0.4) is 0 Å². The van der Waals surface area contributed by atoms with Crippen molar-refractivity contribution in [3.63, 3.8) is 0 Å². The van der Waals surface area contributed by atoms with Gasteiger partial charge in [-0.05, 0) is 30.3 Å². The zero-order valence-electron chi connectivity index (χ0n) is 16.3. The molecule has 0 aliphatic heterocycles. The quantitative estimate of drug-likeness (QED) is 0.552. The van der Waals surface area contributed by atoms with Crippen LogP contribution in [0, 0.1) is 5.82 Å². The fourth-order valence-electron chi connectivity index (χ4n) is 2.75. The summed E-state index contributed by atoms with van der Waals surface area (Å²) < 4.78 is 20.9. The number of pyridine rings is 1. The molecular formula is C21H18FN5O4. The van der Waals surface area contributed by atoms with Gasteiger partial charge in [-0.25, -0.2) is 14.2 Å². The fourth-order valence-corrected chi connectivity index (χ4v) is 2.75. The van der Waals surface area contributed by atoms with E-state index in [0.29, 0.717) is 23.0 Å². The van der Waals surface area contributed by atoms with Gasteiger partial charge in [-0.3, -0.25) is 4.79 Å². The largest absolute Gasteiger partial charge is 0.489 e. The third-order valence-corrected chi connectivity index (χ3v) is 4.06. The van der Waals surface area contributed by atoms with Crippen molar-refractivity contribution in [2.75, 3.05) is 11.5 Å². The van der Waals surface area contributed by atoms with Crippen LogP contribution in [0.25, 0.3) is 11.5 Å². The minimum atomic E-state index is -1.60. The second kappa shape index (κ2) is 9.44. The summed E-state index contributed by atoms with van der Waals surface area (Å²) in [6.45, 7) is 7.63. The Kier molecular flexibility index (Phi) is 6.51. The first-order chi connectivity index (χ1) is 15.0. The standard InChI is InChI=1S/C21H18FN5O4/c1-3-10-26-13-23-25-19(26)16-6-5-7-18(24-16)27(21(29)30)20(28)15-12-14(22)8-9-17(15)31-11-4-2/h3-9,12-13H,1-2,10-11H2,(H,29,30). The van der Waals surface area contributed by atoms with Crippen LogP contribution < -0.4 is 9.64 Å². The predicted octanol–water partition coefficient (Wildman–Crippen LogP) is 3.55. The van der Waals surface area contributed by atoms with Crippen LogP contribution in [0.15, 0.2) is 68.0 Å². The van der Waals surface area contributed by atoms with Crippen LogP contribution in [-0.2, 0) is 6.54 Å². The highest BCUT2D eigenvalue weighted by atomic mass is 19.1. The molecule has 1 N–H and O–H groups in total. The Bertz CT molecular complexity index is 1140. The fraction of sp³-hybridized carbons (Fsp3) is 0.0952. The lowest BCUT2D eigenvalue weighted by Gasteiger charge is -2.19. The van der Waals surface area contributed by atoms with Gasteiger partial charge in [0, 0.05) is 6.54 Å². The molecule has 0 spiro atoms. The molecule has 158 valence electrons. The van der Waals surface area contributed by atoms with E-state index in [1.54, 1.807) is 16.7 Å². The van der Waals surface area contributed by atoms with Gasteiger partial charge in [0.1, 0.15) is 36.0 Å². The van der Waals surface area contributed by atoms with Gasteiger partial charge in [-0.2, -0.15) is 4.90 Å². The molecule has 0 aliphatic rings. The molecule has 2 aromatic heterocycles. The normalized spacial score (nSPS) is 10.4. The molecule has 10 heteroatoms. The van der Waals surface area contributed by atoms with Crippen molar-refractivity contribution >= 4 is 17.8 Å². The van der Waals surface area contributed by atoms with Crippen LogP contribution in [0.4, 0.5) is 15.0 Å². The van der Waals surface area contributed by atoms with Gasteiger partial charge in [0.15, 0.2) is 5.82 Å². The van der Waals surface area contributed by atoms with Crippen LogP contribution >= 0.6 is 0 Å².